The van der Waals surface area contributed by atoms with Gasteiger partial charge in [-0.1, -0.05) is 35.5 Å². The highest BCUT2D eigenvalue weighted by Gasteiger charge is 2.30. The molecule has 0 fully saturated rings. The van der Waals surface area contributed by atoms with E-state index < -0.39 is 11.6 Å². The summed E-state index contributed by atoms with van der Waals surface area (Å²) in [6.45, 7) is 9.85. The summed E-state index contributed by atoms with van der Waals surface area (Å²) in [4.78, 5) is 11.4. The summed E-state index contributed by atoms with van der Waals surface area (Å²) in [6, 6.07) is 3.88. The SMILES string of the molecule is CC(C)=CCC/C(=C/CC/C(C)=C/CCC1=C(c2ccc(C)o2)C=C[C@]1(C)O)C(=O)O. The fraction of sp³-hybridized carbons (Fsp3) is 0.444. The summed E-state index contributed by atoms with van der Waals surface area (Å²) in [5, 5.41) is 20.1. The van der Waals surface area contributed by atoms with Gasteiger partial charge in [-0.3, -0.25) is 0 Å². The van der Waals surface area contributed by atoms with Crippen LogP contribution in [0.2, 0.25) is 0 Å². The second kappa shape index (κ2) is 11.1. The third kappa shape index (κ3) is 7.55. The number of aryl methyl sites for hydroxylation is 1. The lowest BCUT2D eigenvalue weighted by atomic mass is 9.92. The highest BCUT2D eigenvalue weighted by atomic mass is 16.4. The van der Waals surface area contributed by atoms with Gasteiger partial charge in [-0.25, -0.2) is 4.79 Å². The molecule has 31 heavy (non-hydrogen) atoms. The largest absolute Gasteiger partial charge is 0.478 e. The van der Waals surface area contributed by atoms with Gasteiger partial charge in [0.1, 0.15) is 17.1 Å². The highest BCUT2D eigenvalue weighted by molar-refractivity contribution is 5.86. The van der Waals surface area contributed by atoms with Crippen LogP contribution in [0.3, 0.4) is 0 Å². The fourth-order valence-electron chi connectivity index (χ4n) is 3.77. The predicted octanol–water partition coefficient (Wildman–Crippen LogP) is 6.93. The van der Waals surface area contributed by atoms with Crippen LogP contribution in [0.1, 0.15) is 77.7 Å². The monoisotopic (exact) mass is 424 g/mol. The van der Waals surface area contributed by atoms with E-state index >= 15 is 0 Å². The fourth-order valence-corrected chi connectivity index (χ4v) is 3.77. The van der Waals surface area contributed by atoms with Gasteiger partial charge in [0.25, 0.3) is 0 Å². The number of carboxylic acids is 1. The molecule has 1 aliphatic carbocycles. The number of hydrogen-bond donors (Lipinski definition) is 2. The van der Waals surface area contributed by atoms with Gasteiger partial charge >= 0.3 is 5.97 Å². The second-order valence-corrected chi connectivity index (χ2v) is 8.77. The second-order valence-electron chi connectivity index (χ2n) is 8.77. The Morgan fingerprint density at radius 1 is 1.06 bits per heavy atom. The molecular formula is C27H36O4. The van der Waals surface area contributed by atoms with Crippen molar-refractivity contribution in [2.45, 2.75) is 78.7 Å². The van der Waals surface area contributed by atoms with Crippen LogP contribution in [0, 0.1) is 6.92 Å². The Morgan fingerprint density at radius 3 is 2.39 bits per heavy atom. The van der Waals surface area contributed by atoms with Gasteiger partial charge in [-0.05, 0) is 96.9 Å². The Hall–Kier alpha value is -2.59. The number of carboxylic acid groups (broad SMARTS) is 1. The van der Waals surface area contributed by atoms with Crippen molar-refractivity contribution in [1.29, 1.82) is 0 Å². The van der Waals surface area contributed by atoms with Crippen molar-refractivity contribution >= 4 is 11.5 Å². The van der Waals surface area contributed by atoms with E-state index in [0.29, 0.717) is 12.0 Å². The van der Waals surface area contributed by atoms with E-state index in [1.54, 1.807) is 0 Å². The molecule has 0 saturated carbocycles. The Morgan fingerprint density at radius 2 is 1.77 bits per heavy atom. The molecule has 0 bridgehead atoms. The van der Waals surface area contributed by atoms with Gasteiger partial charge < -0.3 is 14.6 Å². The smallest absolute Gasteiger partial charge is 0.331 e. The van der Waals surface area contributed by atoms with Crippen molar-refractivity contribution < 1.29 is 19.4 Å². The minimum atomic E-state index is -0.956. The standard InChI is InChI=1S/C27H36O4/c1-19(2)9-6-12-22(26(28)29)13-7-10-20(3)11-8-14-24-23(17-18-27(24,5)30)25-16-15-21(4)31-25/h9,11,13,15-18,30H,6-8,10,12,14H2,1-5H3,(H,28,29)/b20-11+,22-13-/t27-/m0/s1. The first kappa shape index (κ1) is 24.7. The average Bonchev–Trinajstić information content (AvgIpc) is 3.23. The van der Waals surface area contributed by atoms with Crippen LogP contribution in [-0.2, 0) is 4.79 Å². The number of carbonyl (C=O) groups is 1. The summed E-state index contributed by atoms with van der Waals surface area (Å²) in [5.74, 6) is 0.821. The van der Waals surface area contributed by atoms with Crippen molar-refractivity contribution in [3.8, 4) is 0 Å². The third-order valence-corrected chi connectivity index (χ3v) is 5.57. The molecule has 1 heterocycles. The van der Waals surface area contributed by atoms with E-state index in [2.05, 4.69) is 19.1 Å². The predicted molar refractivity (Wildman–Crippen MR) is 127 cm³/mol. The normalized spacial score (nSPS) is 19.3. The molecule has 0 unspecified atom stereocenters. The van der Waals surface area contributed by atoms with E-state index in [-0.39, 0.29) is 0 Å². The van der Waals surface area contributed by atoms with E-state index in [0.717, 1.165) is 54.8 Å². The van der Waals surface area contributed by atoms with Gasteiger partial charge in [0, 0.05) is 11.1 Å². The molecule has 0 aliphatic heterocycles. The zero-order chi connectivity index (χ0) is 23.0. The van der Waals surface area contributed by atoms with Crippen molar-refractivity contribution in [3.63, 3.8) is 0 Å². The Balaban J connectivity index is 1.94. The number of aliphatic hydroxyl groups is 1. The van der Waals surface area contributed by atoms with Crippen molar-refractivity contribution in [1.82, 2.24) is 0 Å². The van der Waals surface area contributed by atoms with E-state index in [9.17, 15) is 15.0 Å². The molecule has 0 radical (unpaired) electrons. The molecular weight excluding hydrogens is 388 g/mol. The van der Waals surface area contributed by atoms with Crippen molar-refractivity contribution in [2.24, 2.45) is 0 Å². The Kier molecular flexibility index (Phi) is 8.88. The molecule has 0 amide bonds. The van der Waals surface area contributed by atoms with E-state index in [1.807, 2.05) is 58.1 Å². The topological polar surface area (TPSA) is 70.7 Å². The summed E-state index contributed by atoms with van der Waals surface area (Å²) >= 11 is 0. The molecule has 2 rings (SSSR count). The molecule has 1 atom stereocenters. The third-order valence-electron chi connectivity index (χ3n) is 5.57. The molecule has 1 aromatic heterocycles. The number of rotatable bonds is 11. The van der Waals surface area contributed by atoms with Gasteiger partial charge in [0.05, 0.1) is 0 Å². The van der Waals surface area contributed by atoms with Crippen LogP contribution < -0.4 is 0 Å². The summed E-state index contributed by atoms with van der Waals surface area (Å²) < 4.78 is 5.76. The van der Waals surface area contributed by atoms with Crippen LogP contribution in [-0.4, -0.2) is 21.8 Å². The maximum absolute atomic E-state index is 11.4. The van der Waals surface area contributed by atoms with Crippen LogP contribution in [0.5, 0.6) is 0 Å². The minimum absolute atomic E-state index is 0.488. The van der Waals surface area contributed by atoms with Gasteiger partial charge in [-0.15, -0.1) is 0 Å². The number of hydrogen-bond acceptors (Lipinski definition) is 3. The van der Waals surface area contributed by atoms with Crippen molar-refractivity contribution in [2.75, 3.05) is 0 Å². The van der Waals surface area contributed by atoms with Crippen LogP contribution >= 0.6 is 0 Å². The lowest BCUT2D eigenvalue weighted by molar-refractivity contribution is -0.132. The van der Waals surface area contributed by atoms with Crippen LogP contribution in [0.25, 0.3) is 5.57 Å². The van der Waals surface area contributed by atoms with Crippen molar-refractivity contribution in [3.05, 3.63) is 76.3 Å². The Bertz CT molecular complexity index is 928. The molecule has 4 heteroatoms. The first-order chi connectivity index (χ1) is 14.6. The zero-order valence-electron chi connectivity index (χ0n) is 19.5. The molecule has 0 aromatic carbocycles. The van der Waals surface area contributed by atoms with E-state index in [1.165, 1.54) is 11.1 Å². The van der Waals surface area contributed by atoms with Gasteiger partial charge in [-0.2, -0.15) is 0 Å². The minimum Gasteiger partial charge on any atom is -0.478 e. The Labute approximate surface area is 186 Å². The van der Waals surface area contributed by atoms with Gasteiger partial charge in [0.15, 0.2) is 0 Å². The maximum Gasteiger partial charge on any atom is 0.331 e. The first-order valence-corrected chi connectivity index (χ1v) is 11.0. The highest BCUT2D eigenvalue weighted by Crippen LogP contribution is 2.38. The lowest BCUT2D eigenvalue weighted by Crippen LogP contribution is -2.21. The quantitative estimate of drug-likeness (QED) is 0.298. The number of aliphatic carboxylic acids is 1. The summed E-state index contributed by atoms with van der Waals surface area (Å²) in [6.07, 6.45) is 14.3. The average molecular weight is 425 g/mol. The zero-order valence-corrected chi connectivity index (χ0v) is 19.5. The maximum atomic E-state index is 11.4. The first-order valence-electron chi connectivity index (χ1n) is 11.0. The summed E-state index contributed by atoms with van der Waals surface area (Å²) in [7, 11) is 0. The van der Waals surface area contributed by atoms with Crippen LogP contribution in [0.4, 0.5) is 0 Å². The van der Waals surface area contributed by atoms with E-state index in [4.69, 9.17) is 4.42 Å². The van der Waals surface area contributed by atoms with Gasteiger partial charge in [0.2, 0.25) is 0 Å². The molecule has 0 saturated heterocycles. The molecule has 168 valence electrons. The molecule has 1 aromatic rings. The van der Waals surface area contributed by atoms with Crippen LogP contribution in [0.15, 0.2) is 69.2 Å². The lowest BCUT2D eigenvalue weighted by Gasteiger charge is -2.20. The summed E-state index contributed by atoms with van der Waals surface area (Å²) in [5.41, 5.74) is 3.91. The number of allylic oxidation sites excluding steroid dienone is 7. The molecule has 2 N–H and O–H groups in total. The molecule has 1 aliphatic rings. The molecule has 4 nitrogen and oxygen atoms in total. The number of furan rings is 1. The molecule has 0 spiro atoms.